The number of rotatable bonds is 1. The molecule has 1 aromatic carbocycles. The first-order valence-corrected chi connectivity index (χ1v) is 5.36. The van der Waals surface area contributed by atoms with Crippen LogP contribution in [-0.4, -0.2) is 5.16 Å². The molecule has 0 aliphatic carbocycles. The van der Waals surface area contributed by atoms with Crippen molar-refractivity contribution in [3.8, 4) is 11.3 Å². The van der Waals surface area contributed by atoms with Gasteiger partial charge in [0, 0.05) is 15.6 Å². The first-order valence-electron chi connectivity index (χ1n) is 4.57. The maximum Gasteiger partial charge on any atom is 0.225 e. The summed E-state index contributed by atoms with van der Waals surface area (Å²) in [7, 11) is 0. The van der Waals surface area contributed by atoms with Crippen molar-refractivity contribution in [2.24, 2.45) is 0 Å². The average Bonchev–Trinajstić information content (AvgIpc) is 2.46. The van der Waals surface area contributed by atoms with Crippen molar-refractivity contribution in [2.45, 2.75) is 13.8 Å². The average molecular weight is 267 g/mol. The van der Waals surface area contributed by atoms with E-state index >= 15 is 0 Å². The molecule has 0 spiro atoms. The summed E-state index contributed by atoms with van der Waals surface area (Å²) in [6, 6.07) is 6.09. The molecule has 0 radical (unpaired) electrons. The van der Waals surface area contributed by atoms with Gasteiger partial charge in [-0.1, -0.05) is 21.1 Å². The van der Waals surface area contributed by atoms with Gasteiger partial charge in [0.2, 0.25) is 5.88 Å². The van der Waals surface area contributed by atoms with Crippen LogP contribution in [0.15, 0.2) is 27.2 Å². The lowest BCUT2D eigenvalue weighted by molar-refractivity contribution is 0.439. The molecule has 15 heavy (non-hydrogen) atoms. The molecule has 0 saturated carbocycles. The molecule has 4 heteroatoms. The van der Waals surface area contributed by atoms with Crippen LogP contribution in [0.25, 0.3) is 11.3 Å². The van der Waals surface area contributed by atoms with Crippen molar-refractivity contribution < 1.29 is 4.52 Å². The molecule has 0 atom stereocenters. The first kappa shape index (κ1) is 10.2. The summed E-state index contributed by atoms with van der Waals surface area (Å²) in [4.78, 5) is 0. The van der Waals surface area contributed by atoms with E-state index in [1.165, 1.54) is 5.56 Å². The van der Waals surface area contributed by atoms with Crippen molar-refractivity contribution in [1.82, 2.24) is 5.16 Å². The second-order valence-corrected chi connectivity index (χ2v) is 4.45. The summed E-state index contributed by atoms with van der Waals surface area (Å²) < 4.78 is 5.97. The summed E-state index contributed by atoms with van der Waals surface area (Å²) in [6.07, 6.45) is 0. The van der Waals surface area contributed by atoms with Gasteiger partial charge in [0.25, 0.3) is 0 Å². The Balaban J connectivity index is 2.58. The molecule has 0 saturated heterocycles. The zero-order valence-corrected chi connectivity index (χ0v) is 10.1. The van der Waals surface area contributed by atoms with Crippen LogP contribution in [0.4, 0.5) is 5.88 Å². The molecule has 0 bridgehead atoms. The van der Waals surface area contributed by atoms with Crippen LogP contribution >= 0.6 is 15.9 Å². The van der Waals surface area contributed by atoms with Crippen molar-refractivity contribution in [1.29, 1.82) is 0 Å². The van der Waals surface area contributed by atoms with Gasteiger partial charge in [-0.15, -0.1) is 0 Å². The van der Waals surface area contributed by atoms with Crippen molar-refractivity contribution in [2.75, 3.05) is 5.73 Å². The van der Waals surface area contributed by atoms with E-state index in [-0.39, 0.29) is 0 Å². The third kappa shape index (κ3) is 1.90. The summed E-state index contributed by atoms with van der Waals surface area (Å²) in [5.41, 5.74) is 9.48. The number of anilines is 1. The Morgan fingerprint density at radius 2 is 2.00 bits per heavy atom. The minimum Gasteiger partial charge on any atom is -0.367 e. The number of nitrogen functional groups attached to an aromatic ring is 1. The molecular formula is C11H11BrN2O. The Hall–Kier alpha value is -1.29. The van der Waals surface area contributed by atoms with Crippen LogP contribution in [0.5, 0.6) is 0 Å². The largest absolute Gasteiger partial charge is 0.367 e. The Morgan fingerprint density at radius 1 is 1.27 bits per heavy atom. The fraction of sp³-hybridized carbons (Fsp3) is 0.182. The second-order valence-electron chi connectivity index (χ2n) is 3.54. The maximum atomic E-state index is 5.61. The quantitative estimate of drug-likeness (QED) is 0.862. The van der Waals surface area contributed by atoms with E-state index < -0.39 is 0 Å². The van der Waals surface area contributed by atoms with Crippen LogP contribution < -0.4 is 5.73 Å². The Kier molecular flexibility index (Phi) is 2.52. The first-order chi connectivity index (χ1) is 7.08. The fourth-order valence-electron chi connectivity index (χ4n) is 1.49. The fourth-order valence-corrected chi connectivity index (χ4v) is 2.10. The number of hydrogen-bond donors (Lipinski definition) is 1. The van der Waals surface area contributed by atoms with Crippen LogP contribution in [0, 0.1) is 13.8 Å². The normalized spacial score (nSPS) is 10.6. The number of hydrogen-bond acceptors (Lipinski definition) is 3. The SMILES string of the molecule is Cc1cc(Br)cc(-c2noc(N)c2C)c1. The molecule has 2 aromatic rings. The molecule has 0 aliphatic heterocycles. The molecule has 1 aromatic heterocycles. The second kappa shape index (κ2) is 3.70. The van der Waals surface area contributed by atoms with E-state index in [0.717, 1.165) is 21.3 Å². The third-order valence-corrected chi connectivity index (χ3v) is 2.73. The highest BCUT2D eigenvalue weighted by Gasteiger charge is 2.11. The van der Waals surface area contributed by atoms with Crippen molar-refractivity contribution in [3.63, 3.8) is 0 Å². The van der Waals surface area contributed by atoms with Gasteiger partial charge in [-0.05, 0) is 37.6 Å². The predicted octanol–water partition coefficient (Wildman–Crippen LogP) is 3.30. The van der Waals surface area contributed by atoms with E-state index in [1.807, 2.05) is 26.0 Å². The van der Waals surface area contributed by atoms with Crippen LogP contribution in [-0.2, 0) is 0 Å². The Morgan fingerprint density at radius 3 is 2.53 bits per heavy atom. The highest BCUT2D eigenvalue weighted by atomic mass is 79.9. The highest BCUT2D eigenvalue weighted by Crippen LogP contribution is 2.29. The van der Waals surface area contributed by atoms with Gasteiger partial charge in [0.15, 0.2) is 0 Å². The summed E-state index contributed by atoms with van der Waals surface area (Å²) in [6.45, 7) is 3.93. The van der Waals surface area contributed by atoms with Gasteiger partial charge in [-0.25, -0.2) is 0 Å². The van der Waals surface area contributed by atoms with Gasteiger partial charge in [0.05, 0.1) is 0 Å². The van der Waals surface area contributed by atoms with Gasteiger partial charge in [-0.2, -0.15) is 0 Å². The van der Waals surface area contributed by atoms with Gasteiger partial charge < -0.3 is 10.3 Å². The van der Waals surface area contributed by atoms with Crippen LogP contribution in [0.3, 0.4) is 0 Å². The minimum absolute atomic E-state index is 0.377. The van der Waals surface area contributed by atoms with Gasteiger partial charge in [-0.3, -0.25) is 0 Å². The lowest BCUT2D eigenvalue weighted by atomic mass is 10.1. The lowest BCUT2D eigenvalue weighted by Gasteiger charge is -2.01. The highest BCUT2D eigenvalue weighted by molar-refractivity contribution is 9.10. The number of aromatic nitrogens is 1. The summed E-state index contributed by atoms with van der Waals surface area (Å²) >= 11 is 3.45. The monoisotopic (exact) mass is 266 g/mol. The zero-order valence-electron chi connectivity index (χ0n) is 8.54. The molecule has 78 valence electrons. The number of nitrogens with zero attached hydrogens (tertiary/aromatic N) is 1. The summed E-state index contributed by atoms with van der Waals surface area (Å²) in [5, 5.41) is 3.95. The number of aryl methyl sites for hydroxylation is 1. The van der Waals surface area contributed by atoms with E-state index in [0.29, 0.717) is 5.88 Å². The van der Waals surface area contributed by atoms with E-state index in [4.69, 9.17) is 10.3 Å². The Labute approximate surface area is 96.4 Å². The molecule has 0 amide bonds. The predicted molar refractivity (Wildman–Crippen MR) is 63.5 cm³/mol. The standard InChI is InChI=1S/C11H11BrN2O/c1-6-3-8(5-9(12)4-6)10-7(2)11(13)15-14-10/h3-5H,13H2,1-2H3. The van der Waals surface area contributed by atoms with Crippen LogP contribution in [0.1, 0.15) is 11.1 Å². The molecule has 1 heterocycles. The smallest absolute Gasteiger partial charge is 0.225 e. The van der Waals surface area contributed by atoms with E-state index in [1.54, 1.807) is 0 Å². The topological polar surface area (TPSA) is 52.0 Å². The molecule has 0 fully saturated rings. The molecule has 2 rings (SSSR count). The number of halogens is 1. The van der Waals surface area contributed by atoms with E-state index in [2.05, 4.69) is 27.2 Å². The number of benzene rings is 1. The van der Waals surface area contributed by atoms with E-state index in [9.17, 15) is 0 Å². The molecular weight excluding hydrogens is 256 g/mol. The lowest BCUT2D eigenvalue weighted by Crippen LogP contribution is -1.86. The minimum atomic E-state index is 0.377. The third-order valence-electron chi connectivity index (χ3n) is 2.28. The molecule has 2 N–H and O–H groups in total. The van der Waals surface area contributed by atoms with Crippen LogP contribution in [0.2, 0.25) is 0 Å². The number of nitrogens with two attached hydrogens (primary N) is 1. The maximum absolute atomic E-state index is 5.61. The van der Waals surface area contributed by atoms with Gasteiger partial charge in [0.1, 0.15) is 5.69 Å². The van der Waals surface area contributed by atoms with Crippen molar-refractivity contribution >= 4 is 21.8 Å². The van der Waals surface area contributed by atoms with Gasteiger partial charge >= 0.3 is 0 Å². The molecule has 3 nitrogen and oxygen atoms in total. The summed E-state index contributed by atoms with van der Waals surface area (Å²) in [5.74, 6) is 0.377. The molecule has 0 unspecified atom stereocenters. The molecule has 0 aliphatic rings. The Bertz CT molecular complexity index is 485. The van der Waals surface area contributed by atoms with Crippen molar-refractivity contribution in [3.05, 3.63) is 33.8 Å². The zero-order chi connectivity index (χ0) is 11.0.